The van der Waals surface area contributed by atoms with Gasteiger partial charge < -0.3 is 5.73 Å². The molecule has 0 heterocycles. The average Bonchev–Trinajstić information content (AvgIpc) is 2.43. The lowest BCUT2D eigenvalue weighted by atomic mass is 10.3. The molecule has 5 heteroatoms. The maximum Gasteiger partial charge on any atom is 0.237 e. The number of hydrogen-bond acceptors (Lipinski definition) is 4. The van der Waals surface area contributed by atoms with Crippen LogP contribution in [-0.4, -0.2) is 30.0 Å². The topological polar surface area (TPSA) is 70.1 Å². The molecule has 0 aliphatic carbocycles. The Bertz CT molecular complexity index is 430. The van der Waals surface area contributed by atoms with Crippen LogP contribution in [0.2, 0.25) is 0 Å². The number of amides is 1. The summed E-state index contributed by atoms with van der Waals surface area (Å²) in [5.41, 5.74) is 6.25. The molecule has 1 amide bonds. The lowest BCUT2D eigenvalue weighted by Gasteiger charge is -2.20. The van der Waals surface area contributed by atoms with Crippen LogP contribution >= 0.6 is 11.8 Å². The van der Waals surface area contributed by atoms with Gasteiger partial charge in [0.15, 0.2) is 0 Å². The van der Waals surface area contributed by atoms with Gasteiger partial charge in [0.25, 0.3) is 0 Å². The van der Waals surface area contributed by atoms with Crippen molar-refractivity contribution in [3.63, 3.8) is 0 Å². The molecule has 2 N–H and O–H groups in total. The number of hydrogen-bond donors (Lipinski definition) is 1. The molecule has 0 aliphatic rings. The van der Waals surface area contributed by atoms with Crippen molar-refractivity contribution in [2.45, 2.75) is 18.6 Å². The fraction of sp³-hybridized carbons (Fsp3) is 0.429. The molecular formula is C14H19N3OS. The summed E-state index contributed by atoms with van der Waals surface area (Å²) in [6, 6.07) is 11.3. The Kier molecular flexibility index (Phi) is 7.01. The van der Waals surface area contributed by atoms with Gasteiger partial charge in [0.1, 0.15) is 6.54 Å². The van der Waals surface area contributed by atoms with E-state index >= 15 is 0 Å². The minimum Gasteiger partial charge on any atom is -0.330 e. The SMILES string of the molecule is CC(CCN)SCC(=O)N(CC#N)c1ccccc1. The quantitative estimate of drug-likeness (QED) is 0.774. The van der Waals surface area contributed by atoms with E-state index in [4.69, 9.17) is 11.0 Å². The predicted octanol–water partition coefficient (Wildman–Crippen LogP) is 2.01. The minimum atomic E-state index is -0.0402. The molecule has 1 aromatic rings. The van der Waals surface area contributed by atoms with Gasteiger partial charge in [-0.15, -0.1) is 11.8 Å². The second kappa shape index (κ2) is 8.57. The van der Waals surface area contributed by atoms with Crippen LogP contribution in [-0.2, 0) is 4.79 Å². The van der Waals surface area contributed by atoms with Crippen LogP contribution in [0.4, 0.5) is 5.69 Å². The lowest BCUT2D eigenvalue weighted by Crippen LogP contribution is -2.33. The largest absolute Gasteiger partial charge is 0.330 e. The van der Waals surface area contributed by atoms with Crippen LogP contribution in [0, 0.1) is 11.3 Å². The van der Waals surface area contributed by atoms with Crippen molar-refractivity contribution in [3.05, 3.63) is 30.3 Å². The molecule has 1 atom stereocenters. The van der Waals surface area contributed by atoms with Crippen molar-refractivity contribution in [3.8, 4) is 6.07 Å². The summed E-state index contributed by atoms with van der Waals surface area (Å²) in [6.45, 7) is 2.76. The first-order chi connectivity index (χ1) is 9.19. The fourth-order valence-corrected chi connectivity index (χ4v) is 2.50. The number of rotatable bonds is 7. The predicted molar refractivity (Wildman–Crippen MR) is 80.0 cm³/mol. The molecule has 0 saturated heterocycles. The van der Waals surface area contributed by atoms with E-state index in [9.17, 15) is 4.79 Å². The van der Waals surface area contributed by atoms with Crippen LogP contribution in [0.1, 0.15) is 13.3 Å². The maximum atomic E-state index is 12.2. The first kappa shape index (κ1) is 15.5. The Hall–Kier alpha value is -1.51. The van der Waals surface area contributed by atoms with Gasteiger partial charge in [-0.2, -0.15) is 5.26 Å². The zero-order valence-electron chi connectivity index (χ0n) is 11.1. The van der Waals surface area contributed by atoms with E-state index in [0.29, 0.717) is 17.5 Å². The third-order valence-corrected chi connectivity index (χ3v) is 3.88. The van der Waals surface area contributed by atoms with Crippen LogP contribution in [0.15, 0.2) is 30.3 Å². The normalized spacial score (nSPS) is 11.6. The van der Waals surface area contributed by atoms with Gasteiger partial charge in [0, 0.05) is 10.9 Å². The Morgan fingerprint density at radius 1 is 1.47 bits per heavy atom. The second-order valence-corrected chi connectivity index (χ2v) is 5.60. The van der Waals surface area contributed by atoms with Gasteiger partial charge in [-0.3, -0.25) is 9.69 Å². The molecule has 102 valence electrons. The smallest absolute Gasteiger partial charge is 0.237 e. The highest BCUT2D eigenvalue weighted by Gasteiger charge is 2.16. The number of thioether (sulfide) groups is 1. The first-order valence-corrected chi connectivity index (χ1v) is 7.28. The minimum absolute atomic E-state index is 0.0402. The third kappa shape index (κ3) is 5.33. The Morgan fingerprint density at radius 2 is 2.16 bits per heavy atom. The summed E-state index contributed by atoms with van der Waals surface area (Å²) in [6.07, 6.45) is 0.890. The van der Waals surface area contributed by atoms with Gasteiger partial charge in [0.05, 0.1) is 11.8 Å². The maximum absolute atomic E-state index is 12.2. The Labute approximate surface area is 118 Å². The highest BCUT2D eigenvalue weighted by molar-refractivity contribution is 8.00. The van der Waals surface area contributed by atoms with Gasteiger partial charge in [-0.1, -0.05) is 25.1 Å². The van der Waals surface area contributed by atoms with Crippen molar-refractivity contribution in [2.75, 3.05) is 23.7 Å². The van der Waals surface area contributed by atoms with Gasteiger partial charge in [0.2, 0.25) is 5.91 Å². The van der Waals surface area contributed by atoms with E-state index in [1.54, 1.807) is 11.8 Å². The summed E-state index contributed by atoms with van der Waals surface area (Å²) in [5, 5.41) is 9.20. The zero-order chi connectivity index (χ0) is 14.1. The molecule has 0 radical (unpaired) electrons. The zero-order valence-corrected chi connectivity index (χ0v) is 11.9. The average molecular weight is 277 g/mol. The Balaban J connectivity index is 2.62. The fourth-order valence-electron chi connectivity index (χ4n) is 1.61. The third-order valence-electron chi connectivity index (χ3n) is 2.66. The van der Waals surface area contributed by atoms with Gasteiger partial charge in [-0.25, -0.2) is 0 Å². The van der Waals surface area contributed by atoms with Crippen LogP contribution in [0.5, 0.6) is 0 Å². The molecule has 1 aromatic carbocycles. The number of carbonyl (C=O) groups excluding carboxylic acids is 1. The summed E-state index contributed by atoms with van der Waals surface area (Å²) in [5.74, 6) is 0.333. The molecule has 19 heavy (non-hydrogen) atoms. The van der Waals surface area contributed by atoms with Gasteiger partial charge in [-0.05, 0) is 25.1 Å². The van der Waals surface area contributed by atoms with E-state index in [1.807, 2.05) is 36.4 Å². The van der Waals surface area contributed by atoms with Crippen molar-refractivity contribution >= 4 is 23.4 Å². The number of para-hydroxylation sites is 1. The van der Waals surface area contributed by atoms with Crippen LogP contribution < -0.4 is 10.6 Å². The highest BCUT2D eigenvalue weighted by atomic mass is 32.2. The Morgan fingerprint density at radius 3 is 2.74 bits per heavy atom. The molecule has 0 saturated carbocycles. The standard InChI is InChI=1S/C14H19N3OS/c1-12(7-8-15)19-11-14(18)17(10-9-16)13-5-3-2-4-6-13/h2-6,12H,7-8,10-11,15H2,1H3. The summed E-state index contributed by atoms with van der Waals surface area (Å²) < 4.78 is 0. The monoisotopic (exact) mass is 277 g/mol. The molecule has 1 unspecified atom stereocenters. The van der Waals surface area contributed by atoms with Crippen LogP contribution in [0.25, 0.3) is 0 Å². The lowest BCUT2D eigenvalue weighted by molar-refractivity contribution is -0.116. The molecule has 0 fully saturated rings. The highest BCUT2D eigenvalue weighted by Crippen LogP contribution is 2.18. The molecular weight excluding hydrogens is 258 g/mol. The molecule has 0 bridgehead atoms. The van der Waals surface area contributed by atoms with E-state index in [1.165, 1.54) is 4.90 Å². The van der Waals surface area contributed by atoms with Crippen molar-refractivity contribution in [1.82, 2.24) is 0 Å². The first-order valence-electron chi connectivity index (χ1n) is 6.23. The number of nitrogens with zero attached hydrogens (tertiary/aromatic N) is 2. The molecule has 0 spiro atoms. The summed E-state index contributed by atoms with van der Waals surface area (Å²) in [4.78, 5) is 13.7. The number of carbonyl (C=O) groups is 1. The summed E-state index contributed by atoms with van der Waals surface area (Å²) in [7, 11) is 0. The van der Waals surface area contributed by atoms with E-state index in [2.05, 4.69) is 6.92 Å². The summed E-state index contributed by atoms with van der Waals surface area (Å²) >= 11 is 1.58. The van der Waals surface area contributed by atoms with E-state index in [-0.39, 0.29) is 12.5 Å². The van der Waals surface area contributed by atoms with E-state index < -0.39 is 0 Å². The van der Waals surface area contributed by atoms with Crippen molar-refractivity contribution < 1.29 is 4.79 Å². The molecule has 0 aliphatic heterocycles. The number of nitrogens with two attached hydrogens (primary N) is 1. The van der Waals surface area contributed by atoms with Gasteiger partial charge >= 0.3 is 0 Å². The number of nitriles is 1. The molecule has 1 rings (SSSR count). The number of anilines is 1. The second-order valence-electron chi connectivity index (χ2n) is 4.17. The van der Waals surface area contributed by atoms with E-state index in [0.717, 1.165) is 12.1 Å². The molecule has 0 aromatic heterocycles. The van der Waals surface area contributed by atoms with Crippen molar-refractivity contribution in [1.29, 1.82) is 5.26 Å². The van der Waals surface area contributed by atoms with Crippen LogP contribution in [0.3, 0.4) is 0 Å². The molecule has 4 nitrogen and oxygen atoms in total. The number of benzene rings is 1. The van der Waals surface area contributed by atoms with Crippen molar-refractivity contribution in [2.24, 2.45) is 5.73 Å².